The minimum Gasteiger partial charge on any atom is -0.459 e. The molecule has 2 amide bonds. The van der Waals surface area contributed by atoms with Crippen molar-refractivity contribution < 1.29 is 18.4 Å². The summed E-state index contributed by atoms with van der Waals surface area (Å²) in [7, 11) is 0. The van der Waals surface area contributed by atoms with E-state index in [1.54, 1.807) is 36.4 Å². The molecule has 28 heavy (non-hydrogen) atoms. The number of hydrogen-bond donors (Lipinski definition) is 2. The van der Waals surface area contributed by atoms with Gasteiger partial charge in [0, 0.05) is 12.2 Å². The highest BCUT2D eigenvalue weighted by molar-refractivity contribution is 7.99. The van der Waals surface area contributed by atoms with E-state index in [2.05, 4.69) is 20.8 Å². The molecule has 0 unspecified atom stereocenters. The Hall–Kier alpha value is -3.20. The smallest absolute Gasteiger partial charge is 0.292 e. The van der Waals surface area contributed by atoms with Crippen LogP contribution in [-0.2, 0) is 4.79 Å². The van der Waals surface area contributed by atoms with Gasteiger partial charge in [-0.05, 0) is 42.8 Å². The van der Waals surface area contributed by atoms with E-state index in [1.165, 1.54) is 30.2 Å². The van der Waals surface area contributed by atoms with Crippen molar-refractivity contribution in [3.63, 3.8) is 0 Å². The zero-order valence-electron chi connectivity index (χ0n) is 14.7. The van der Waals surface area contributed by atoms with Crippen LogP contribution in [0.25, 0.3) is 0 Å². The van der Waals surface area contributed by atoms with Crippen molar-refractivity contribution in [3.8, 4) is 0 Å². The molecule has 2 N–H and O–H groups in total. The first-order valence-corrected chi connectivity index (χ1v) is 9.46. The maximum Gasteiger partial charge on any atom is 0.292 e. The first-order valence-electron chi connectivity index (χ1n) is 8.47. The van der Waals surface area contributed by atoms with Crippen molar-refractivity contribution in [2.24, 2.45) is 0 Å². The Morgan fingerprint density at radius 1 is 1.04 bits per heavy atom. The first kappa shape index (κ1) is 19.6. The van der Waals surface area contributed by atoms with Crippen molar-refractivity contribution >= 4 is 35.1 Å². The number of amides is 2. The van der Waals surface area contributed by atoms with E-state index in [0.29, 0.717) is 23.0 Å². The van der Waals surface area contributed by atoms with Crippen LogP contribution >= 0.6 is 11.8 Å². The van der Waals surface area contributed by atoms with Crippen molar-refractivity contribution in [3.05, 3.63) is 66.4 Å². The van der Waals surface area contributed by atoms with Crippen LogP contribution in [0, 0.1) is 5.82 Å². The molecule has 2 heterocycles. The van der Waals surface area contributed by atoms with Gasteiger partial charge < -0.3 is 15.1 Å². The molecule has 0 fully saturated rings. The molecule has 0 aliphatic rings. The van der Waals surface area contributed by atoms with E-state index in [4.69, 9.17) is 4.42 Å². The Bertz CT molecular complexity index is 933. The number of anilines is 2. The molecule has 7 nitrogen and oxygen atoms in total. The molecular weight excluding hydrogens is 383 g/mol. The van der Waals surface area contributed by atoms with Gasteiger partial charge in [-0.2, -0.15) is 0 Å². The van der Waals surface area contributed by atoms with Gasteiger partial charge in [0.2, 0.25) is 5.91 Å². The van der Waals surface area contributed by atoms with Gasteiger partial charge in [-0.15, -0.1) is 22.0 Å². The Balaban J connectivity index is 1.38. The van der Waals surface area contributed by atoms with Crippen molar-refractivity contribution in [2.45, 2.75) is 17.9 Å². The van der Waals surface area contributed by atoms with Crippen LogP contribution in [0.5, 0.6) is 0 Å². The van der Waals surface area contributed by atoms with E-state index in [0.717, 1.165) is 0 Å². The maximum absolute atomic E-state index is 13.5. The Morgan fingerprint density at radius 3 is 2.61 bits per heavy atom. The summed E-state index contributed by atoms with van der Waals surface area (Å²) in [6, 6.07) is 12.6. The van der Waals surface area contributed by atoms with Gasteiger partial charge in [-0.25, -0.2) is 4.39 Å². The van der Waals surface area contributed by atoms with Gasteiger partial charge in [0.15, 0.2) is 11.6 Å². The molecule has 0 atom stereocenters. The molecule has 0 bridgehead atoms. The molecule has 0 aliphatic carbocycles. The molecule has 0 saturated carbocycles. The molecule has 3 rings (SSSR count). The number of furan rings is 1. The lowest BCUT2D eigenvalue weighted by atomic mass is 10.2. The first-order chi connectivity index (χ1) is 13.6. The third-order valence-electron chi connectivity index (χ3n) is 3.57. The monoisotopic (exact) mass is 400 g/mol. The number of nitrogens with zero attached hydrogens (tertiary/aromatic N) is 2. The molecule has 1 aromatic carbocycles. The molecule has 0 radical (unpaired) electrons. The van der Waals surface area contributed by atoms with Gasteiger partial charge >= 0.3 is 0 Å². The number of halogens is 1. The number of benzene rings is 1. The summed E-state index contributed by atoms with van der Waals surface area (Å²) in [6.45, 7) is 0. The molecule has 0 spiro atoms. The maximum atomic E-state index is 13.5. The quantitative estimate of drug-likeness (QED) is 0.439. The molecule has 2 aromatic heterocycles. The molecular formula is C19H17FN4O3S. The topological polar surface area (TPSA) is 97.1 Å². The predicted molar refractivity (Wildman–Crippen MR) is 104 cm³/mol. The fourth-order valence-corrected chi connectivity index (χ4v) is 2.99. The van der Waals surface area contributed by atoms with E-state index < -0.39 is 11.7 Å². The third kappa shape index (κ3) is 5.65. The van der Waals surface area contributed by atoms with E-state index >= 15 is 0 Å². The van der Waals surface area contributed by atoms with E-state index in [-0.39, 0.29) is 23.8 Å². The van der Waals surface area contributed by atoms with Crippen molar-refractivity contribution in [2.75, 3.05) is 16.4 Å². The van der Waals surface area contributed by atoms with Crippen LogP contribution in [0.3, 0.4) is 0 Å². The zero-order chi connectivity index (χ0) is 19.8. The molecule has 3 aromatic rings. The zero-order valence-corrected chi connectivity index (χ0v) is 15.5. The summed E-state index contributed by atoms with van der Waals surface area (Å²) >= 11 is 1.44. The number of thioether (sulfide) groups is 1. The highest BCUT2D eigenvalue weighted by Gasteiger charge is 2.10. The van der Waals surface area contributed by atoms with Crippen LogP contribution < -0.4 is 10.6 Å². The van der Waals surface area contributed by atoms with Crippen LogP contribution in [0.2, 0.25) is 0 Å². The molecule has 9 heteroatoms. The van der Waals surface area contributed by atoms with Crippen LogP contribution in [0.1, 0.15) is 23.4 Å². The van der Waals surface area contributed by atoms with Gasteiger partial charge in [0.25, 0.3) is 5.91 Å². The van der Waals surface area contributed by atoms with Crippen LogP contribution in [0.4, 0.5) is 15.9 Å². The molecule has 0 saturated heterocycles. The van der Waals surface area contributed by atoms with Gasteiger partial charge in [-0.3, -0.25) is 9.59 Å². The number of aromatic nitrogens is 2. The van der Waals surface area contributed by atoms with Gasteiger partial charge in [-0.1, -0.05) is 12.1 Å². The normalized spacial score (nSPS) is 10.5. The van der Waals surface area contributed by atoms with Gasteiger partial charge in [0.1, 0.15) is 10.8 Å². The second-order valence-corrected chi connectivity index (χ2v) is 6.78. The van der Waals surface area contributed by atoms with Crippen LogP contribution in [0.15, 0.2) is 64.2 Å². The minimum atomic E-state index is -0.459. The average Bonchev–Trinajstić information content (AvgIpc) is 3.23. The van der Waals surface area contributed by atoms with E-state index in [9.17, 15) is 14.0 Å². The van der Waals surface area contributed by atoms with Gasteiger partial charge in [0.05, 0.1) is 12.0 Å². The second-order valence-electron chi connectivity index (χ2n) is 5.67. The number of hydrogen-bond acceptors (Lipinski definition) is 6. The largest absolute Gasteiger partial charge is 0.459 e. The van der Waals surface area contributed by atoms with E-state index in [1.807, 2.05) is 0 Å². The minimum absolute atomic E-state index is 0.179. The lowest BCUT2D eigenvalue weighted by Crippen LogP contribution is -2.12. The highest BCUT2D eigenvalue weighted by atomic mass is 32.2. The molecule has 0 aliphatic heterocycles. The van der Waals surface area contributed by atoms with Crippen LogP contribution in [-0.4, -0.2) is 27.8 Å². The third-order valence-corrected chi connectivity index (χ3v) is 4.58. The summed E-state index contributed by atoms with van der Waals surface area (Å²) in [5, 5.41) is 13.8. The van der Waals surface area contributed by atoms with Crippen molar-refractivity contribution in [1.29, 1.82) is 0 Å². The standard InChI is InChI=1S/C19H17FN4O3S/c20-13-5-1-2-6-14(13)21-17(25)8-4-12-28-18-10-9-16(23-24-18)22-19(26)15-7-3-11-27-15/h1-3,5-7,9-11H,4,8,12H2,(H,21,25)(H,22,23,26). The Kier molecular flexibility index (Phi) is 6.74. The second kappa shape index (κ2) is 9.65. The summed E-state index contributed by atoms with van der Waals surface area (Å²) in [5.74, 6) is 0.0503. The number of para-hydroxylation sites is 1. The summed E-state index contributed by atoms with van der Waals surface area (Å²) in [6.07, 6.45) is 2.28. The molecule has 144 valence electrons. The number of carbonyl (C=O) groups is 2. The predicted octanol–water partition coefficient (Wildman–Crippen LogP) is 3.97. The number of nitrogens with one attached hydrogen (secondary N) is 2. The Morgan fingerprint density at radius 2 is 1.89 bits per heavy atom. The number of carbonyl (C=O) groups excluding carboxylic acids is 2. The number of rotatable bonds is 8. The summed E-state index contributed by atoms with van der Waals surface area (Å²) < 4.78 is 18.5. The summed E-state index contributed by atoms with van der Waals surface area (Å²) in [4.78, 5) is 23.7. The van der Waals surface area contributed by atoms with Crippen molar-refractivity contribution in [1.82, 2.24) is 10.2 Å². The fraction of sp³-hybridized carbons (Fsp3) is 0.158. The Labute approximate surface area is 164 Å². The highest BCUT2D eigenvalue weighted by Crippen LogP contribution is 2.18. The summed E-state index contributed by atoms with van der Waals surface area (Å²) in [5.41, 5.74) is 0.179. The average molecular weight is 400 g/mol. The lowest BCUT2D eigenvalue weighted by Gasteiger charge is -2.06. The fourth-order valence-electron chi connectivity index (χ4n) is 2.23. The lowest BCUT2D eigenvalue weighted by molar-refractivity contribution is -0.116. The SMILES string of the molecule is O=C(CCCSc1ccc(NC(=O)c2ccco2)nn1)Nc1ccccc1F.